The zero-order chi connectivity index (χ0) is 14.4. The molecule has 0 amide bonds. The number of nitrogen functional groups attached to an aromatic ring is 1. The smallest absolute Gasteiger partial charge is 0.183 e. The molecular formula is C15H18BrN5. The molecule has 0 aliphatic heterocycles. The molecule has 2 aromatic rings. The van der Waals surface area contributed by atoms with Crippen LogP contribution < -0.4 is 5.73 Å². The molecule has 2 N–H and O–H groups in total. The van der Waals surface area contributed by atoms with E-state index in [1.165, 1.54) is 25.7 Å². The maximum Gasteiger partial charge on any atom is 0.183 e. The minimum Gasteiger partial charge on any atom is -0.398 e. The highest BCUT2D eigenvalue weighted by atomic mass is 79.9. The van der Waals surface area contributed by atoms with Gasteiger partial charge >= 0.3 is 0 Å². The van der Waals surface area contributed by atoms with E-state index in [0.29, 0.717) is 5.69 Å². The van der Waals surface area contributed by atoms with Gasteiger partial charge in [0.25, 0.3) is 0 Å². The monoisotopic (exact) mass is 347 g/mol. The number of nitrogens with two attached hydrogens (primary N) is 1. The van der Waals surface area contributed by atoms with Gasteiger partial charge in [-0.15, -0.1) is 5.10 Å². The molecule has 2 saturated carbocycles. The van der Waals surface area contributed by atoms with Crippen LogP contribution in [0.2, 0.25) is 0 Å². The van der Waals surface area contributed by atoms with E-state index in [2.05, 4.69) is 31.5 Å². The first kappa shape index (κ1) is 13.2. The first-order valence-corrected chi connectivity index (χ1v) is 8.34. The quantitative estimate of drug-likeness (QED) is 0.843. The van der Waals surface area contributed by atoms with E-state index in [-0.39, 0.29) is 0 Å². The van der Waals surface area contributed by atoms with Crippen molar-refractivity contribution in [2.45, 2.75) is 32.2 Å². The second kappa shape index (κ2) is 5.09. The van der Waals surface area contributed by atoms with Gasteiger partial charge in [-0.2, -0.15) is 0 Å². The number of nitrogens with zero attached hydrogens (tertiary/aromatic N) is 4. The third-order valence-corrected chi connectivity index (χ3v) is 5.53. The molecule has 2 aliphatic rings. The highest BCUT2D eigenvalue weighted by Gasteiger charge is 2.42. The van der Waals surface area contributed by atoms with Crippen molar-refractivity contribution in [2.75, 3.05) is 5.73 Å². The third kappa shape index (κ3) is 2.57. The van der Waals surface area contributed by atoms with Gasteiger partial charge in [-0.25, -0.2) is 4.68 Å². The largest absolute Gasteiger partial charge is 0.398 e. The summed E-state index contributed by atoms with van der Waals surface area (Å²) in [5.41, 5.74) is 7.64. The third-order valence-electron chi connectivity index (χ3n) is 4.64. The van der Waals surface area contributed by atoms with Gasteiger partial charge in [0.2, 0.25) is 0 Å². The van der Waals surface area contributed by atoms with Crippen molar-refractivity contribution in [1.82, 2.24) is 20.2 Å². The molecule has 110 valence electrons. The second-order valence-electron chi connectivity index (χ2n) is 6.23. The molecule has 6 heteroatoms. The van der Waals surface area contributed by atoms with E-state index >= 15 is 0 Å². The summed E-state index contributed by atoms with van der Waals surface area (Å²) in [6.07, 6.45) is 5.50. The van der Waals surface area contributed by atoms with Crippen LogP contribution in [0.1, 0.15) is 25.7 Å². The summed E-state index contributed by atoms with van der Waals surface area (Å²) >= 11 is 3.55. The van der Waals surface area contributed by atoms with Gasteiger partial charge in [0.1, 0.15) is 0 Å². The van der Waals surface area contributed by atoms with Crippen LogP contribution in [0, 0.1) is 17.8 Å². The first-order chi connectivity index (χ1) is 10.2. The number of benzene rings is 1. The molecule has 21 heavy (non-hydrogen) atoms. The molecule has 0 saturated heterocycles. The van der Waals surface area contributed by atoms with Gasteiger partial charge in [0, 0.05) is 17.8 Å². The van der Waals surface area contributed by atoms with Crippen molar-refractivity contribution in [1.29, 1.82) is 0 Å². The van der Waals surface area contributed by atoms with E-state index in [0.717, 1.165) is 40.2 Å². The zero-order valence-electron chi connectivity index (χ0n) is 11.7. The van der Waals surface area contributed by atoms with Crippen LogP contribution in [0.5, 0.6) is 0 Å². The maximum absolute atomic E-state index is 5.97. The van der Waals surface area contributed by atoms with Crippen LogP contribution in [-0.2, 0) is 6.54 Å². The minimum absolute atomic E-state index is 0.711. The fourth-order valence-corrected chi connectivity index (χ4v) is 3.62. The molecule has 2 fully saturated rings. The van der Waals surface area contributed by atoms with Gasteiger partial charge in [0.05, 0.1) is 4.47 Å². The molecular weight excluding hydrogens is 330 g/mol. The summed E-state index contributed by atoms with van der Waals surface area (Å²) in [7, 11) is 0. The van der Waals surface area contributed by atoms with Crippen LogP contribution in [0.25, 0.3) is 11.4 Å². The Morgan fingerprint density at radius 1 is 1.24 bits per heavy atom. The molecule has 0 bridgehead atoms. The normalized spacial score (nSPS) is 18.4. The number of hydrogen-bond acceptors (Lipinski definition) is 4. The van der Waals surface area contributed by atoms with Crippen LogP contribution >= 0.6 is 15.9 Å². The lowest BCUT2D eigenvalue weighted by Crippen LogP contribution is -2.17. The fraction of sp³-hybridized carbons (Fsp3) is 0.533. The zero-order valence-corrected chi connectivity index (χ0v) is 13.3. The minimum atomic E-state index is 0.711. The van der Waals surface area contributed by atoms with Gasteiger partial charge in [0.15, 0.2) is 5.82 Å². The molecule has 0 unspecified atom stereocenters. The van der Waals surface area contributed by atoms with Crippen molar-refractivity contribution in [3.63, 3.8) is 0 Å². The Morgan fingerprint density at radius 3 is 2.62 bits per heavy atom. The fourth-order valence-electron chi connectivity index (χ4n) is 3.17. The standard InChI is InChI=1S/C15H18BrN5/c16-14-11(2-1-3-13(14)17)15-18-19-20-21(15)8-12(9-4-5-9)10-6-7-10/h1-3,9-10,12H,4-8,17H2. The van der Waals surface area contributed by atoms with Crippen LogP contribution in [0.15, 0.2) is 22.7 Å². The van der Waals surface area contributed by atoms with E-state index in [1.54, 1.807) is 0 Å². The van der Waals surface area contributed by atoms with Gasteiger partial charge < -0.3 is 5.73 Å². The summed E-state index contributed by atoms with van der Waals surface area (Å²) in [5, 5.41) is 12.3. The molecule has 0 spiro atoms. The molecule has 2 aliphatic carbocycles. The lowest BCUT2D eigenvalue weighted by molar-refractivity contribution is 0.331. The predicted octanol–water partition coefficient (Wildman–Crippen LogP) is 3.12. The Bertz CT molecular complexity index is 648. The van der Waals surface area contributed by atoms with E-state index < -0.39 is 0 Å². The Hall–Kier alpha value is -1.43. The molecule has 5 nitrogen and oxygen atoms in total. The number of rotatable bonds is 5. The lowest BCUT2D eigenvalue weighted by atomic mass is 9.98. The average Bonchev–Trinajstić information content (AvgIpc) is 3.39. The van der Waals surface area contributed by atoms with Crippen molar-refractivity contribution >= 4 is 21.6 Å². The van der Waals surface area contributed by atoms with Gasteiger partial charge in [-0.3, -0.25) is 0 Å². The van der Waals surface area contributed by atoms with Crippen molar-refractivity contribution in [3.05, 3.63) is 22.7 Å². The van der Waals surface area contributed by atoms with Gasteiger partial charge in [-0.1, -0.05) is 6.07 Å². The molecule has 1 aromatic carbocycles. The Morgan fingerprint density at radius 2 is 1.95 bits per heavy atom. The average molecular weight is 348 g/mol. The van der Waals surface area contributed by atoms with Crippen molar-refractivity contribution < 1.29 is 0 Å². The first-order valence-electron chi connectivity index (χ1n) is 7.54. The van der Waals surface area contributed by atoms with Crippen LogP contribution in [-0.4, -0.2) is 20.2 Å². The summed E-state index contributed by atoms with van der Waals surface area (Å²) in [4.78, 5) is 0. The molecule has 0 radical (unpaired) electrons. The highest BCUT2D eigenvalue weighted by molar-refractivity contribution is 9.10. The van der Waals surface area contributed by atoms with E-state index in [1.807, 2.05) is 22.9 Å². The lowest BCUT2D eigenvalue weighted by Gasteiger charge is -2.16. The van der Waals surface area contributed by atoms with Gasteiger partial charge in [-0.05, 0) is 81.9 Å². The Balaban J connectivity index is 1.65. The molecule has 1 heterocycles. The summed E-state index contributed by atoms with van der Waals surface area (Å²) in [6.45, 7) is 0.929. The number of aromatic nitrogens is 4. The highest BCUT2D eigenvalue weighted by Crippen LogP contribution is 2.50. The Labute approximate surface area is 132 Å². The number of anilines is 1. The van der Waals surface area contributed by atoms with Crippen LogP contribution in [0.3, 0.4) is 0 Å². The van der Waals surface area contributed by atoms with Crippen molar-refractivity contribution in [2.24, 2.45) is 17.8 Å². The van der Waals surface area contributed by atoms with E-state index in [9.17, 15) is 0 Å². The molecule has 0 atom stereocenters. The van der Waals surface area contributed by atoms with Crippen LogP contribution in [0.4, 0.5) is 5.69 Å². The summed E-state index contributed by atoms with van der Waals surface area (Å²) in [5.74, 6) is 3.32. The SMILES string of the molecule is Nc1cccc(-c2nnnn2CC(C2CC2)C2CC2)c1Br. The molecule has 4 rings (SSSR count). The second-order valence-corrected chi connectivity index (χ2v) is 7.03. The molecule has 1 aromatic heterocycles. The van der Waals surface area contributed by atoms with E-state index in [4.69, 9.17) is 5.73 Å². The predicted molar refractivity (Wildman–Crippen MR) is 84.3 cm³/mol. The number of tetrazole rings is 1. The van der Waals surface area contributed by atoms with Crippen molar-refractivity contribution in [3.8, 4) is 11.4 Å². The summed E-state index contributed by atoms with van der Waals surface area (Å²) in [6, 6.07) is 5.82. The summed E-state index contributed by atoms with van der Waals surface area (Å²) < 4.78 is 2.83. The Kier molecular flexibility index (Phi) is 3.21. The maximum atomic E-state index is 5.97. The number of hydrogen-bond donors (Lipinski definition) is 1. The topological polar surface area (TPSA) is 69.6 Å². The number of halogens is 1.